The number of hydrogen-bond donors (Lipinski definition) is 1. The Kier molecular flexibility index (Phi) is 3.46. The lowest BCUT2D eigenvalue weighted by atomic mass is 9.70. The van der Waals surface area contributed by atoms with Crippen molar-refractivity contribution in [3.63, 3.8) is 0 Å². The highest BCUT2D eigenvalue weighted by Crippen LogP contribution is 2.32. The van der Waals surface area contributed by atoms with Gasteiger partial charge in [-0.1, -0.05) is 18.2 Å². The van der Waals surface area contributed by atoms with E-state index < -0.39 is 22.8 Å². The zero-order valence-corrected chi connectivity index (χ0v) is 10.1. The Morgan fingerprint density at radius 3 is 1.71 bits per heavy atom. The lowest BCUT2D eigenvalue weighted by Crippen LogP contribution is -2.47. The van der Waals surface area contributed by atoms with E-state index in [2.05, 4.69) is 0 Å². The van der Waals surface area contributed by atoms with Gasteiger partial charge in [0, 0.05) is 11.3 Å². The standard InChI is InChI=1S/C13H15NO3/c1-8(15)13(9(2)16,10(3)17)11-6-4-5-7-12(11)14/h4-7H,14H2,1-3H3. The van der Waals surface area contributed by atoms with E-state index in [4.69, 9.17) is 5.73 Å². The Labute approximate surface area is 99.8 Å². The van der Waals surface area contributed by atoms with Crippen LogP contribution < -0.4 is 5.73 Å². The number of ketones is 3. The number of anilines is 1. The maximum Gasteiger partial charge on any atom is 0.171 e. The van der Waals surface area contributed by atoms with Crippen molar-refractivity contribution in [3.8, 4) is 0 Å². The highest BCUT2D eigenvalue weighted by atomic mass is 16.2. The fourth-order valence-corrected chi connectivity index (χ4v) is 2.15. The molecule has 0 saturated heterocycles. The van der Waals surface area contributed by atoms with E-state index in [1.54, 1.807) is 24.3 Å². The maximum absolute atomic E-state index is 11.8. The zero-order valence-electron chi connectivity index (χ0n) is 10.1. The molecule has 0 atom stereocenters. The molecule has 0 aliphatic heterocycles. The Morgan fingerprint density at radius 2 is 1.35 bits per heavy atom. The molecule has 0 fully saturated rings. The Balaban J connectivity index is 3.66. The summed E-state index contributed by atoms with van der Waals surface area (Å²) in [5.74, 6) is -1.51. The molecular formula is C13H15NO3. The van der Waals surface area contributed by atoms with Gasteiger partial charge in [-0.05, 0) is 26.8 Å². The van der Waals surface area contributed by atoms with Crippen molar-refractivity contribution >= 4 is 23.0 Å². The lowest BCUT2D eigenvalue weighted by Gasteiger charge is -2.27. The Morgan fingerprint density at radius 1 is 0.941 bits per heavy atom. The second-order valence-electron chi connectivity index (χ2n) is 4.01. The normalized spacial score (nSPS) is 11.0. The van der Waals surface area contributed by atoms with Crippen LogP contribution in [0.5, 0.6) is 0 Å². The summed E-state index contributed by atoms with van der Waals surface area (Å²) in [5, 5.41) is 0. The third-order valence-electron chi connectivity index (χ3n) is 2.95. The Hall–Kier alpha value is -1.97. The van der Waals surface area contributed by atoms with Crippen molar-refractivity contribution in [1.82, 2.24) is 0 Å². The molecule has 0 saturated carbocycles. The summed E-state index contributed by atoms with van der Waals surface area (Å²) in [4.78, 5) is 35.4. The van der Waals surface area contributed by atoms with Crippen LogP contribution in [0.1, 0.15) is 26.3 Å². The molecule has 17 heavy (non-hydrogen) atoms. The molecule has 0 radical (unpaired) electrons. The predicted octanol–water partition coefficient (Wildman–Crippen LogP) is 1.27. The van der Waals surface area contributed by atoms with Crippen LogP contribution in [0.25, 0.3) is 0 Å². The molecule has 90 valence electrons. The fourth-order valence-electron chi connectivity index (χ4n) is 2.15. The average molecular weight is 233 g/mol. The molecule has 4 heteroatoms. The quantitative estimate of drug-likeness (QED) is 0.627. The molecular weight excluding hydrogens is 218 g/mol. The van der Waals surface area contributed by atoms with Gasteiger partial charge in [-0.15, -0.1) is 0 Å². The minimum absolute atomic E-state index is 0.271. The third kappa shape index (κ3) is 1.86. The van der Waals surface area contributed by atoms with Crippen molar-refractivity contribution in [1.29, 1.82) is 0 Å². The van der Waals surface area contributed by atoms with E-state index in [9.17, 15) is 14.4 Å². The van der Waals surface area contributed by atoms with E-state index in [0.717, 1.165) is 0 Å². The first-order valence-electron chi connectivity index (χ1n) is 5.23. The van der Waals surface area contributed by atoms with Crippen LogP contribution >= 0.6 is 0 Å². The number of nitrogen functional groups attached to an aromatic ring is 1. The molecule has 1 aromatic rings. The SMILES string of the molecule is CC(=O)C(C(C)=O)(C(C)=O)c1ccccc1N. The van der Waals surface area contributed by atoms with Crippen LogP contribution in [0.15, 0.2) is 24.3 Å². The predicted molar refractivity (Wildman–Crippen MR) is 64.6 cm³/mol. The number of carbonyl (C=O) groups excluding carboxylic acids is 3. The second-order valence-corrected chi connectivity index (χ2v) is 4.01. The van der Waals surface area contributed by atoms with Crippen molar-refractivity contribution in [2.45, 2.75) is 26.2 Å². The monoisotopic (exact) mass is 233 g/mol. The first-order chi connectivity index (χ1) is 7.85. The largest absolute Gasteiger partial charge is 0.398 e. The van der Waals surface area contributed by atoms with Crippen molar-refractivity contribution in [2.24, 2.45) is 0 Å². The van der Waals surface area contributed by atoms with Gasteiger partial charge in [0.25, 0.3) is 0 Å². The molecule has 0 bridgehead atoms. The molecule has 0 aliphatic carbocycles. The summed E-state index contributed by atoms with van der Waals surface area (Å²) in [6.45, 7) is 3.69. The molecule has 4 nitrogen and oxygen atoms in total. The number of carbonyl (C=O) groups is 3. The van der Waals surface area contributed by atoms with Gasteiger partial charge in [-0.25, -0.2) is 0 Å². The fraction of sp³-hybridized carbons (Fsp3) is 0.308. The van der Waals surface area contributed by atoms with Gasteiger partial charge in [-0.2, -0.15) is 0 Å². The highest BCUT2D eigenvalue weighted by Gasteiger charge is 2.48. The number of benzene rings is 1. The number of para-hydroxylation sites is 1. The van der Waals surface area contributed by atoms with Crippen LogP contribution in [-0.2, 0) is 19.8 Å². The minimum atomic E-state index is -1.76. The van der Waals surface area contributed by atoms with Crippen LogP contribution in [-0.4, -0.2) is 17.3 Å². The number of hydrogen-bond acceptors (Lipinski definition) is 4. The summed E-state index contributed by atoms with van der Waals surface area (Å²) in [5.41, 5.74) is 4.55. The first-order valence-corrected chi connectivity index (χ1v) is 5.23. The van der Waals surface area contributed by atoms with Crippen molar-refractivity contribution in [2.75, 3.05) is 5.73 Å². The van der Waals surface area contributed by atoms with Gasteiger partial charge in [0.05, 0.1) is 0 Å². The summed E-state index contributed by atoms with van der Waals surface area (Å²) in [6, 6.07) is 6.44. The van der Waals surface area contributed by atoms with Gasteiger partial charge in [0.2, 0.25) is 0 Å². The van der Waals surface area contributed by atoms with Crippen LogP contribution in [0, 0.1) is 0 Å². The maximum atomic E-state index is 11.8. The smallest absolute Gasteiger partial charge is 0.171 e. The molecule has 1 aromatic carbocycles. The molecule has 0 aliphatic rings. The molecule has 2 N–H and O–H groups in total. The second kappa shape index (κ2) is 4.49. The Bertz CT molecular complexity index is 455. The van der Waals surface area contributed by atoms with Crippen molar-refractivity contribution < 1.29 is 14.4 Å². The van der Waals surface area contributed by atoms with Gasteiger partial charge < -0.3 is 5.73 Å². The summed E-state index contributed by atoms with van der Waals surface area (Å²) >= 11 is 0. The lowest BCUT2D eigenvalue weighted by molar-refractivity contribution is -0.140. The first kappa shape index (κ1) is 13.1. The number of nitrogens with two attached hydrogens (primary N) is 1. The molecule has 1 rings (SSSR count). The zero-order chi connectivity index (χ0) is 13.2. The van der Waals surface area contributed by atoms with Gasteiger partial charge in [0.15, 0.2) is 22.8 Å². The van der Waals surface area contributed by atoms with E-state index >= 15 is 0 Å². The summed E-state index contributed by atoms with van der Waals surface area (Å²) in [7, 11) is 0. The van der Waals surface area contributed by atoms with Gasteiger partial charge in [-0.3, -0.25) is 14.4 Å². The van der Waals surface area contributed by atoms with E-state index in [1.807, 2.05) is 0 Å². The highest BCUT2D eigenvalue weighted by molar-refractivity contribution is 6.29. The van der Waals surface area contributed by atoms with Gasteiger partial charge in [0.1, 0.15) is 0 Å². The van der Waals surface area contributed by atoms with Gasteiger partial charge >= 0.3 is 0 Å². The van der Waals surface area contributed by atoms with Crippen molar-refractivity contribution in [3.05, 3.63) is 29.8 Å². The number of Topliss-reactive ketones (excluding diaryl/α,β-unsaturated/α-hetero) is 3. The molecule has 0 amide bonds. The minimum Gasteiger partial charge on any atom is -0.398 e. The van der Waals surface area contributed by atoms with Crippen LogP contribution in [0.2, 0.25) is 0 Å². The number of rotatable bonds is 4. The van der Waals surface area contributed by atoms with Crippen LogP contribution in [0.4, 0.5) is 5.69 Å². The van der Waals surface area contributed by atoms with E-state index in [1.165, 1.54) is 20.8 Å². The van der Waals surface area contributed by atoms with E-state index in [0.29, 0.717) is 0 Å². The molecule has 0 spiro atoms. The molecule has 0 aromatic heterocycles. The van der Waals surface area contributed by atoms with Crippen LogP contribution in [0.3, 0.4) is 0 Å². The average Bonchev–Trinajstić information content (AvgIpc) is 2.19. The summed E-state index contributed by atoms with van der Waals surface area (Å²) < 4.78 is 0. The van der Waals surface area contributed by atoms with E-state index in [-0.39, 0.29) is 11.3 Å². The summed E-state index contributed by atoms with van der Waals surface area (Å²) in [6.07, 6.45) is 0. The topological polar surface area (TPSA) is 77.2 Å². The third-order valence-corrected chi connectivity index (χ3v) is 2.95. The molecule has 0 heterocycles. The molecule has 0 unspecified atom stereocenters.